The van der Waals surface area contributed by atoms with Crippen molar-refractivity contribution in [2.75, 3.05) is 6.54 Å². The van der Waals surface area contributed by atoms with Gasteiger partial charge in [0.25, 0.3) is 0 Å². The van der Waals surface area contributed by atoms with Crippen molar-refractivity contribution < 1.29 is 4.79 Å². The minimum atomic E-state index is 0.275. The van der Waals surface area contributed by atoms with E-state index in [1.807, 2.05) is 0 Å². The third-order valence-corrected chi connectivity index (χ3v) is 8.98. The van der Waals surface area contributed by atoms with Gasteiger partial charge >= 0.3 is 0 Å². The molecule has 0 saturated carbocycles. The molecule has 2 heteroatoms. The first-order chi connectivity index (χ1) is 18.8. The summed E-state index contributed by atoms with van der Waals surface area (Å²) in [5.41, 5.74) is 0. The first-order valence-electron chi connectivity index (χ1n) is 17.7. The van der Waals surface area contributed by atoms with Crippen molar-refractivity contribution in [3.8, 4) is 0 Å². The van der Waals surface area contributed by atoms with Crippen molar-refractivity contribution in [1.29, 1.82) is 0 Å². The SMILES string of the molecule is C=CN1CCC(CCCCCCCCCCCCCCCCCCCCCCCCCCCCCC)C1=O. The summed E-state index contributed by atoms with van der Waals surface area (Å²) >= 11 is 0. The van der Waals surface area contributed by atoms with Crippen LogP contribution in [0.5, 0.6) is 0 Å². The van der Waals surface area contributed by atoms with Crippen LogP contribution in [0.4, 0.5) is 0 Å². The summed E-state index contributed by atoms with van der Waals surface area (Å²) in [5.74, 6) is 0.585. The molecular formula is C36H69NO. The lowest BCUT2D eigenvalue weighted by molar-refractivity contribution is -0.128. The molecule has 0 radical (unpaired) electrons. The normalized spacial score (nSPS) is 15.6. The first-order valence-corrected chi connectivity index (χ1v) is 17.7. The Labute approximate surface area is 240 Å². The van der Waals surface area contributed by atoms with E-state index >= 15 is 0 Å². The van der Waals surface area contributed by atoms with Crippen LogP contribution in [0.2, 0.25) is 0 Å². The van der Waals surface area contributed by atoms with E-state index in [1.165, 1.54) is 180 Å². The fraction of sp³-hybridized carbons (Fsp3) is 0.917. The number of nitrogens with zero attached hydrogens (tertiary/aromatic N) is 1. The second-order valence-electron chi connectivity index (χ2n) is 12.5. The van der Waals surface area contributed by atoms with Crippen molar-refractivity contribution >= 4 is 5.91 Å². The highest BCUT2D eigenvalue weighted by Crippen LogP contribution is 2.24. The summed E-state index contributed by atoms with van der Waals surface area (Å²) in [4.78, 5) is 13.9. The van der Waals surface area contributed by atoms with Crippen LogP contribution in [0.3, 0.4) is 0 Å². The molecule has 1 aliphatic heterocycles. The third-order valence-electron chi connectivity index (χ3n) is 8.98. The fourth-order valence-corrected chi connectivity index (χ4v) is 6.27. The van der Waals surface area contributed by atoms with Crippen molar-refractivity contribution in [2.45, 2.75) is 200 Å². The second-order valence-corrected chi connectivity index (χ2v) is 12.5. The molecule has 1 rings (SSSR count). The van der Waals surface area contributed by atoms with Crippen molar-refractivity contribution in [2.24, 2.45) is 5.92 Å². The van der Waals surface area contributed by atoms with Crippen LogP contribution in [-0.2, 0) is 4.79 Å². The highest BCUT2D eigenvalue weighted by atomic mass is 16.2. The molecule has 1 saturated heterocycles. The van der Waals surface area contributed by atoms with Gasteiger partial charge in [0, 0.05) is 12.5 Å². The summed E-state index contributed by atoms with van der Waals surface area (Å²) < 4.78 is 0. The van der Waals surface area contributed by atoms with Gasteiger partial charge in [0.05, 0.1) is 0 Å². The van der Waals surface area contributed by atoms with E-state index in [0.29, 0.717) is 5.91 Å². The van der Waals surface area contributed by atoms with Gasteiger partial charge < -0.3 is 4.90 Å². The Kier molecular flexibility index (Phi) is 25.7. The van der Waals surface area contributed by atoms with Gasteiger partial charge in [-0.05, 0) is 19.0 Å². The minimum Gasteiger partial charge on any atom is -0.319 e. The zero-order valence-electron chi connectivity index (χ0n) is 26.1. The third kappa shape index (κ3) is 21.1. The van der Waals surface area contributed by atoms with E-state index in [2.05, 4.69) is 13.5 Å². The summed E-state index contributed by atoms with van der Waals surface area (Å²) in [6.07, 6.45) is 44.1. The molecule has 1 fully saturated rings. The number of carbonyl (C=O) groups is 1. The fourth-order valence-electron chi connectivity index (χ4n) is 6.27. The predicted molar refractivity (Wildman–Crippen MR) is 170 cm³/mol. The standard InChI is InChI=1S/C36H69NO/c1-3-5-6-7-8-9-10-11-12-13-14-15-16-17-18-19-20-21-22-23-24-25-26-27-28-29-30-31-32-35-33-34-37(4-2)36(35)38/h4,35H,2-3,5-34H2,1H3. The van der Waals surface area contributed by atoms with Crippen LogP contribution < -0.4 is 0 Å². The molecule has 224 valence electrons. The number of rotatable bonds is 30. The summed E-state index contributed by atoms with van der Waals surface area (Å²) in [5, 5.41) is 0. The van der Waals surface area contributed by atoms with Gasteiger partial charge in [-0.3, -0.25) is 4.79 Å². The highest BCUT2D eigenvalue weighted by molar-refractivity contribution is 5.81. The molecule has 2 nitrogen and oxygen atoms in total. The van der Waals surface area contributed by atoms with E-state index < -0.39 is 0 Å². The number of amides is 1. The van der Waals surface area contributed by atoms with Crippen LogP contribution in [-0.4, -0.2) is 17.4 Å². The van der Waals surface area contributed by atoms with E-state index in [0.717, 1.165) is 19.4 Å². The van der Waals surface area contributed by atoms with Gasteiger partial charge in [-0.2, -0.15) is 0 Å². The molecule has 0 N–H and O–H groups in total. The van der Waals surface area contributed by atoms with Gasteiger partial charge in [-0.15, -0.1) is 0 Å². The average molecular weight is 532 g/mol. The van der Waals surface area contributed by atoms with Crippen LogP contribution in [0.1, 0.15) is 200 Å². The van der Waals surface area contributed by atoms with Gasteiger partial charge in [0.2, 0.25) is 5.91 Å². The van der Waals surface area contributed by atoms with E-state index in [-0.39, 0.29) is 5.92 Å². The van der Waals surface area contributed by atoms with Crippen molar-refractivity contribution in [3.05, 3.63) is 12.8 Å². The Bertz CT molecular complexity index is 515. The first kappa shape index (κ1) is 35.2. The highest BCUT2D eigenvalue weighted by Gasteiger charge is 2.29. The van der Waals surface area contributed by atoms with Crippen LogP contribution >= 0.6 is 0 Å². The van der Waals surface area contributed by atoms with E-state index in [1.54, 1.807) is 11.1 Å². The molecule has 0 aromatic carbocycles. The average Bonchev–Trinajstić information content (AvgIpc) is 3.29. The lowest BCUT2D eigenvalue weighted by Gasteiger charge is -2.10. The van der Waals surface area contributed by atoms with E-state index in [9.17, 15) is 4.79 Å². The van der Waals surface area contributed by atoms with Crippen LogP contribution in [0, 0.1) is 5.92 Å². The predicted octanol–water partition coefficient (Wildman–Crippen LogP) is 12.3. The molecule has 0 aromatic rings. The Morgan fingerprint density at radius 1 is 0.553 bits per heavy atom. The number of unbranched alkanes of at least 4 members (excludes halogenated alkanes) is 27. The molecule has 1 amide bonds. The van der Waals surface area contributed by atoms with E-state index in [4.69, 9.17) is 0 Å². The maximum atomic E-state index is 12.1. The second kappa shape index (κ2) is 27.8. The maximum absolute atomic E-state index is 12.1. The Balaban J connectivity index is 1.65. The van der Waals surface area contributed by atoms with Gasteiger partial charge in [0.15, 0.2) is 0 Å². The molecule has 1 unspecified atom stereocenters. The Morgan fingerprint density at radius 3 is 1.11 bits per heavy atom. The lowest BCUT2D eigenvalue weighted by Crippen LogP contribution is -2.21. The largest absolute Gasteiger partial charge is 0.319 e. The molecule has 0 aliphatic carbocycles. The molecule has 1 heterocycles. The molecular weight excluding hydrogens is 462 g/mol. The zero-order chi connectivity index (χ0) is 27.4. The van der Waals surface area contributed by atoms with Crippen LogP contribution in [0.25, 0.3) is 0 Å². The quantitative estimate of drug-likeness (QED) is 0.0844. The topological polar surface area (TPSA) is 20.3 Å². The van der Waals surface area contributed by atoms with Gasteiger partial charge in [-0.1, -0.05) is 193 Å². The summed E-state index contributed by atoms with van der Waals surface area (Å²) in [6.45, 7) is 6.92. The number of likely N-dealkylation sites (tertiary alicyclic amines) is 1. The summed E-state index contributed by atoms with van der Waals surface area (Å²) in [7, 11) is 0. The van der Waals surface area contributed by atoms with Crippen LogP contribution in [0.15, 0.2) is 12.8 Å². The minimum absolute atomic E-state index is 0.275. The smallest absolute Gasteiger partial charge is 0.229 e. The lowest BCUT2D eigenvalue weighted by atomic mass is 9.98. The maximum Gasteiger partial charge on any atom is 0.229 e. The monoisotopic (exact) mass is 532 g/mol. The molecule has 0 bridgehead atoms. The molecule has 38 heavy (non-hydrogen) atoms. The Hall–Kier alpha value is -0.790. The van der Waals surface area contributed by atoms with Gasteiger partial charge in [0.1, 0.15) is 0 Å². The number of hydrogen-bond donors (Lipinski definition) is 0. The number of carbonyl (C=O) groups excluding carboxylic acids is 1. The van der Waals surface area contributed by atoms with Crippen molar-refractivity contribution in [1.82, 2.24) is 4.90 Å². The molecule has 1 atom stereocenters. The molecule has 0 aromatic heterocycles. The number of hydrogen-bond acceptors (Lipinski definition) is 1. The molecule has 1 aliphatic rings. The Morgan fingerprint density at radius 2 is 0.842 bits per heavy atom. The zero-order valence-corrected chi connectivity index (χ0v) is 26.1. The van der Waals surface area contributed by atoms with Crippen molar-refractivity contribution in [3.63, 3.8) is 0 Å². The van der Waals surface area contributed by atoms with Gasteiger partial charge in [-0.25, -0.2) is 0 Å². The summed E-state index contributed by atoms with van der Waals surface area (Å²) in [6, 6.07) is 0. The molecule has 0 spiro atoms.